The highest BCUT2D eigenvalue weighted by molar-refractivity contribution is 7.98. The average molecular weight is 393 g/mol. The van der Waals surface area contributed by atoms with Crippen LogP contribution in [0.5, 0.6) is 0 Å². The second-order valence-corrected chi connectivity index (χ2v) is 8.58. The lowest BCUT2D eigenvalue weighted by atomic mass is 9.75. The molecular weight excluding hydrogens is 364 g/mol. The summed E-state index contributed by atoms with van der Waals surface area (Å²) in [7, 11) is 0. The van der Waals surface area contributed by atoms with Gasteiger partial charge in [-0.2, -0.15) is 0 Å². The van der Waals surface area contributed by atoms with Gasteiger partial charge in [0.05, 0.1) is 5.60 Å². The van der Waals surface area contributed by atoms with E-state index < -0.39 is 5.60 Å². The zero-order valence-electron chi connectivity index (χ0n) is 15.8. The van der Waals surface area contributed by atoms with Crippen molar-refractivity contribution < 1.29 is 9.90 Å². The second-order valence-electron chi connectivity index (χ2n) is 7.81. The maximum absolute atomic E-state index is 12.8. The van der Waals surface area contributed by atoms with Crippen LogP contribution in [0.3, 0.4) is 0 Å². The zero-order valence-corrected chi connectivity index (χ0v) is 16.6. The molecule has 0 aliphatic carbocycles. The number of amides is 2. The van der Waals surface area contributed by atoms with Crippen molar-refractivity contribution in [2.75, 3.05) is 56.2 Å². The fraction of sp³-hybridized carbons (Fsp3) is 0.722. The summed E-state index contributed by atoms with van der Waals surface area (Å²) in [5.41, 5.74) is 5.24. The lowest BCUT2D eigenvalue weighted by molar-refractivity contribution is -0.0764. The predicted octanol–water partition coefficient (Wildman–Crippen LogP) is 1.26. The molecule has 4 heterocycles. The molecule has 1 aromatic rings. The molecule has 2 atom stereocenters. The number of nitrogen functional groups attached to an aromatic ring is 1. The van der Waals surface area contributed by atoms with Crippen LogP contribution in [0.25, 0.3) is 0 Å². The SMILES string of the molecule is CSc1nc(N)cc(N2CC[C@@]3(O)CCN(C(=O)N4CCCC4)C[C@H]3C2)n1. The molecule has 0 spiro atoms. The van der Waals surface area contributed by atoms with Crippen LogP contribution in [-0.4, -0.2) is 82.0 Å². The molecule has 4 rings (SSSR count). The zero-order chi connectivity index (χ0) is 19.0. The van der Waals surface area contributed by atoms with E-state index in [1.165, 1.54) is 11.8 Å². The summed E-state index contributed by atoms with van der Waals surface area (Å²) < 4.78 is 0. The molecule has 0 saturated carbocycles. The van der Waals surface area contributed by atoms with Crippen molar-refractivity contribution in [2.24, 2.45) is 5.92 Å². The quantitative estimate of drug-likeness (QED) is 0.577. The van der Waals surface area contributed by atoms with Gasteiger partial charge in [0.15, 0.2) is 5.16 Å². The Morgan fingerprint density at radius 3 is 2.67 bits per heavy atom. The molecule has 3 saturated heterocycles. The lowest BCUT2D eigenvalue weighted by Gasteiger charge is -2.50. The fourth-order valence-corrected chi connectivity index (χ4v) is 4.86. The Hall–Kier alpha value is -1.74. The first-order valence-electron chi connectivity index (χ1n) is 9.68. The Morgan fingerprint density at radius 2 is 1.93 bits per heavy atom. The van der Waals surface area contributed by atoms with E-state index in [9.17, 15) is 9.90 Å². The molecule has 0 radical (unpaired) electrons. The van der Waals surface area contributed by atoms with Crippen LogP contribution in [0.4, 0.5) is 16.4 Å². The van der Waals surface area contributed by atoms with Gasteiger partial charge in [0.2, 0.25) is 0 Å². The highest BCUT2D eigenvalue weighted by atomic mass is 32.2. The van der Waals surface area contributed by atoms with Crippen LogP contribution < -0.4 is 10.6 Å². The number of aliphatic hydroxyl groups is 1. The van der Waals surface area contributed by atoms with Crippen molar-refractivity contribution in [1.82, 2.24) is 19.8 Å². The standard InChI is InChI=1S/C18H28N6O2S/c1-27-16-20-14(19)10-15(21-16)23-8-4-18(26)5-9-24(12-13(18)11-23)17(25)22-6-2-3-7-22/h10,13,26H,2-9,11-12H2,1H3,(H2,19,20,21)/t13-,18-/m1/s1. The van der Waals surface area contributed by atoms with E-state index in [-0.39, 0.29) is 11.9 Å². The number of anilines is 2. The molecule has 0 bridgehead atoms. The average Bonchev–Trinajstić information content (AvgIpc) is 3.20. The molecule has 2 amide bonds. The first-order valence-corrected chi connectivity index (χ1v) is 10.9. The summed E-state index contributed by atoms with van der Waals surface area (Å²) in [6.07, 6.45) is 5.44. The number of carbonyl (C=O) groups excluding carboxylic acids is 1. The predicted molar refractivity (Wildman–Crippen MR) is 106 cm³/mol. The monoisotopic (exact) mass is 392 g/mol. The Bertz CT molecular complexity index is 713. The molecule has 8 nitrogen and oxygen atoms in total. The third-order valence-electron chi connectivity index (χ3n) is 6.14. The Kier molecular flexibility index (Phi) is 5.07. The summed E-state index contributed by atoms with van der Waals surface area (Å²) >= 11 is 1.46. The van der Waals surface area contributed by atoms with Gasteiger partial charge in [-0.05, 0) is 31.9 Å². The minimum absolute atomic E-state index is 0.0143. The molecule has 3 aliphatic rings. The van der Waals surface area contributed by atoms with Gasteiger partial charge >= 0.3 is 6.03 Å². The van der Waals surface area contributed by atoms with E-state index in [1.807, 2.05) is 16.1 Å². The molecule has 0 unspecified atom stereocenters. The van der Waals surface area contributed by atoms with Gasteiger partial charge in [0.1, 0.15) is 11.6 Å². The lowest BCUT2D eigenvalue weighted by Crippen LogP contribution is -2.62. The number of carbonyl (C=O) groups is 1. The van der Waals surface area contributed by atoms with Crippen LogP contribution in [0.15, 0.2) is 11.2 Å². The van der Waals surface area contributed by atoms with Crippen molar-refractivity contribution in [2.45, 2.75) is 36.4 Å². The van der Waals surface area contributed by atoms with Crippen LogP contribution in [0.2, 0.25) is 0 Å². The summed E-state index contributed by atoms with van der Waals surface area (Å²) in [4.78, 5) is 27.6. The van der Waals surface area contributed by atoms with Gasteiger partial charge in [0, 0.05) is 51.3 Å². The van der Waals surface area contributed by atoms with E-state index >= 15 is 0 Å². The van der Waals surface area contributed by atoms with E-state index in [2.05, 4.69) is 14.9 Å². The van der Waals surface area contributed by atoms with Gasteiger partial charge in [-0.25, -0.2) is 14.8 Å². The number of nitrogens with two attached hydrogens (primary N) is 1. The number of fused-ring (bicyclic) bond motifs is 1. The number of aromatic nitrogens is 2. The minimum atomic E-state index is -0.695. The third kappa shape index (κ3) is 3.67. The number of nitrogens with zero attached hydrogens (tertiary/aromatic N) is 5. The van der Waals surface area contributed by atoms with Crippen LogP contribution in [-0.2, 0) is 0 Å². The topological polar surface area (TPSA) is 98.8 Å². The van der Waals surface area contributed by atoms with Crippen molar-refractivity contribution in [3.63, 3.8) is 0 Å². The molecule has 3 N–H and O–H groups in total. The molecule has 27 heavy (non-hydrogen) atoms. The molecule has 0 aromatic carbocycles. The number of urea groups is 1. The van der Waals surface area contributed by atoms with Crippen molar-refractivity contribution in [1.29, 1.82) is 0 Å². The molecule has 3 aliphatic heterocycles. The maximum atomic E-state index is 12.8. The Labute approximate surface area is 164 Å². The number of hydrogen-bond acceptors (Lipinski definition) is 7. The highest BCUT2D eigenvalue weighted by Gasteiger charge is 2.46. The number of piperidine rings is 2. The van der Waals surface area contributed by atoms with Gasteiger partial charge in [-0.1, -0.05) is 11.8 Å². The Morgan fingerprint density at radius 1 is 1.19 bits per heavy atom. The summed E-state index contributed by atoms with van der Waals surface area (Å²) in [6.45, 7) is 4.35. The normalized spacial score (nSPS) is 28.4. The summed E-state index contributed by atoms with van der Waals surface area (Å²) in [5, 5.41) is 11.8. The van der Waals surface area contributed by atoms with E-state index in [0.29, 0.717) is 43.5 Å². The second kappa shape index (κ2) is 7.35. The van der Waals surface area contributed by atoms with E-state index in [1.54, 1.807) is 6.07 Å². The first-order chi connectivity index (χ1) is 13.0. The van der Waals surface area contributed by atoms with Gasteiger partial charge in [0.25, 0.3) is 0 Å². The summed E-state index contributed by atoms with van der Waals surface area (Å²) in [6, 6.07) is 1.92. The Balaban J connectivity index is 1.48. The third-order valence-corrected chi connectivity index (χ3v) is 6.68. The van der Waals surface area contributed by atoms with Gasteiger partial charge in [-0.15, -0.1) is 0 Å². The van der Waals surface area contributed by atoms with Gasteiger partial charge in [-0.3, -0.25) is 0 Å². The number of thioether (sulfide) groups is 1. The van der Waals surface area contributed by atoms with E-state index in [4.69, 9.17) is 5.73 Å². The number of likely N-dealkylation sites (tertiary alicyclic amines) is 2. The molecule has 1 aromatic heterocycles. The molecule has 9 heteroatoms. The van der Waals surface area contributed by atoms with Gasteiger partial charge < -0.3 is 25.5 Å². The maximum Gasteiger partial charge on any atom is 0.320 e. The van der Waals surface area contributed by atoms with Crippen molar-refractivity contribution in [3.8, 4) is 0 Å². The van der Waals surface area contributed by atoms with Crippen LogP contribution in [0, 0.1) is 5.92 Å². The largest absolute Gasteiger partial charge is 0.389 e. The molecule has 148 valence electrons. The van der Waals surface area contributed by atoms with Crippen LogP contribution in [0.1, 0.15) is 25.7 Å². The fourth-order valence-electron chi connectivity index (χ4n) is 4.48. The smallest absolute Gasteiger partial charge is 0.320 e. The van der Waals surface area contributed by atoms with E-state index in [0.717, 1.165) is 38.3 Å². The highest BCUT2D eigenvalue weighted by Crippen LogP contribution is 2.37. The summed E-state index contributed by atoms with van der Waals surface area (Å²) in [5.74, 6) is 1.28. The van der Waals surface area contributed by atoms with Crippen molar-refractivity contribution >= 4 is 29.4 Å². The first kappa shape index (κ1) is 18.6. The number of rotatable bonds is 2. The van der Waals surface area contributed by atoms with Crippen molar-refractivity contribution in [3.05, 3.63) is 6.07 Å². The molecular formula is C18H28N6O2S. The van der Waals surface area contributed by atoms with Crippen LogP contribution >= 0.6 is 11.8 Å². The number of hydrogen-bond donors (Lipinski definition) is 2. The molecule has 3 fully saturated rings. The minimum Gasteiger partial charge on any atom is -0.389 e.